The third-order valence-electron chi connectivity index (χ3n) is 5.43. The monoisotopic (exact) mass is 302 g/mol. The van der Waals surface area contributed by atoms with E-state index in [0.717, 1.165) is 38.5 Å². The van der Waals surface area contributed by atoms with Crippen LogP contribution in [0, 0.1) is 5.92 Å². The smallest absolute Gasteiger partial charge is 0.223 e. The largest absolute Gasteiger partial charge is 0.355 e. The second kappa shape index (κ2) is 7.77. The summed E-state index contributed by atoms with van der Waals surface area (Å²) in [6, 6.07) is 10.8. The SMILES string of the molecule is CCC(CC)(CNC(=O)C1CCCC(N)C1)c1ccccc1. The van der Waals surface area contributed by atoms with Gasteiger partial charge >= 0.3 is 0 Å². The zero-order valence-corrected chi connectivity index (χ0v) is 14.0. The third-order valence-corrected chi connectivity index (χ3v) is 5.43. The van der Waals surface area contributed by atoms with Crippen molar-refractivity contribution in [2.24, 2.45) is 11.7 Å². The minimum absolute atomic E-state index is 0.0354. The summed E-state index contributed by atoms with van der Waals surface area (Å²) in [5, 5.41) is 3.22. The zero-order valence-electron chi connectivity index (χ0n) is 14.0. The number of nitrogens with two attached hydrogens (primary N) is 1. The molecule has 0 spiro atoms. The van der Waals surface area contributed by atoms with Crippen molar-refractivity contribution in [2.45, 2.75) is 63.8 Å². The molecule has 2 rings (SSSR count). The molecule has 2 atom stereocenters. The average molecular weight is 302 g/mol. The molecule has 0 radical (unpaired) electrons. The number of hydrogen-bond acceptors (Lipinski definition) is 2. The maximum atomic E-state index is 12.5. The molecule has 1 saturated carbocycles. The molecule has 0 aromatic heterocycles. The number of amides is 1. The predicted molar refractivity (Wildman–Crippen MR) is 91.6 cm³/mol. The van der Waals surface area contributed by atoms with Crippen molar-refractivity contribution in [1.82, 2.24) is 5.32 Å². The number of carbonyl (C=O) groups excluding carboxylic acids is 1. The Balaban J connectivity index is 2.01. The summed E-state index contributed by atoms with van der Waals surface area (Å²) in [5.41, 5.74) is 7.36. The van der Waals surface area contributed by atoms with Gasteiger partial charge in [0.05, 0.1) is 0 Å². The first-order chi connectivity index (χ1) is 10.6. The van der Waals surface area contributed by atoms with Crippen LogP contribution in [0.5, 0.6) is 0 Å². The Morgan fingerprint density at radius 3 is 2.50 bits per heavy atom. The Bertz CT molecular complexity index is 468. The van der Waals surface area contributed by atoms with Gasteiger partial charge < -0.3 is 11.1 Å². The fourth-order valence-corrected chi connectivity index (χ4v) is 3.67. The van der Waals surface area contributed by atoms with Gasteiger partial charge in [-0.2, -0.15) is 0 Å². The Morgan fingerprint density at radius 1 is 1.23 bits per heavy atom. The molecule has 1 aliphatic carbocycles. The van der Waals surface area contributed by atoms with Crippen LogP contribution in [0.2, 0.25) is 0 Å². The summed E-state index contributed by atoms with van der Waals surface area (Å²) in [5.74, 6) is 0.295. The summed E-state index contributed by atoms with van der Waals surface area (Å²) >= 11 is 0. The maximum Gasteiger partial charge on any atom is 0.223 e. The van der Waals surface area contributed by atoms with Gasteiger partial charge in [0.2, 0.25) is 5.91 Å². The van der Waals surface area contributed by atoms with E-state index < -0.39 is 0 Å². The molecule has 22 heavy (non-hydrogen) atoms. The molecule has 1 aromatic rings. The number of nitrogens with one attached hydrogen (secondary N) is 1. The van der Waals surface area contributed by atoms with Crippen molar-refractivity contribution in [1.29, 1.82) is 0 Å². The first kappa shape index (κ1) is 17.0. The summed E-state index contributed by atoms with van der Waals surface area (Å²) in [6.45, 7) is 5.13. The van der Waals surface area contributed by atoms with Crippen LogP contribution < -0.4 is 11.1 Å². The van der Waals surface area contributed by atoms with E-state index in [2.05, 4.69) is 43.4 Å². The van der Waals surface area contributed by atoms with Gasteiger partial charge in [0.15, 0.2) is 0 Å². The van der Waals surface area contributed by atoms with Crippen LogP contribution in [-0.4, -0.2) is 18.5 Å². The van der Waals surface area contributed by atoms with Crippen LogP contribution in [0.1, 0.15) is 57.9 Å². The summed E-state index contributed by atoms with van der Waals surface area (Å²) < 4.78 is 0. The fourth-order valence-electron chi connectivity index (χ4n) is 3.67. The van der Waals surface area contributed by atoms with E-state index in [9.17, 15) is 4.79 Å². The molecule has 1 aromatic carbocycles. The molecular weight excluding hydrogens is 272 g/mol. The van der Waals surface area contributed by atoms with Crippen LogP contribution in [0.25, 0.3) is 0 Å². The molecular formula is C19H30N2O. The van der Waals surface area contributed by atoms with Crippen LogP contribution >= 0.6 is 0 Å². The normalized spacial score (nSPS) is 22.3. The van der Waals surface area contributed by atoms with Crippen molar-refractivity contribution in [3.63, 3.8) is 0 Å². The summed E-state index contributed by atoms with van der Waals surface area (Å²) in [7, 11) is 0. The minimum Gasteiger partial charge on any atom is -0.355 e. The van der Waals surface area contributed by atoms with Crippen molar-refractivity contribution in [3.05, 3.63) is 35.9 Å². The lowest BCUT2D eigenvalue weighted by Crippen LogP contribution is -2.44. The maximum absolute atomic E-state index is 12.5. The Kier molecular flexibility index (Phi) is 6.01. The molecule has 1 amide bonds. The predicted octanol–water partition coefficient (Wildman–Crippen LogP) is 3.38. The van der Waals surface area contributed by atoms with Gasteiger partial charge in [-0.3, -0.25) is 4.79 Å². The molecule has 3 nitrogen and oxygen atoms in total. The molecule has 122 valence electrons. The van der Waals surface area contributed by atoms with E-state index in [1.165, 1.54) is 5.56 Å². The van der Waals surface area contributed by atoms with E-state index in [4.69, 9.17) is 5.73 Å². The molecule has 1 fully saturated rings. The number of hydrogen-bond donors (Lipinski definition) is 2. The average Bonchev–Trinajstić information content (AvgIpc) is 2.57. The van der Waals surface area contributed by atoms with Gasteiger partial charge in [-0.15, -0.1) is 0 Å². The van der Waals surface area contributed by atoms with Gasteiger partial charge in [-0.25, -0.2) is 0 Å². The molecule has 1 aliphatic rings. The third kappa shape index (κ3) is 3.89. The lowest BCUT2D eigenvalue weighted by Gasteiger charge is -2.34. The minimum atomic E-state index is 0.0354. The van der Waals surface area contributed by atoms with Gasteiger partial charge in [-0.05, 0) is 37.7 Å². The molecule has 0 aliphatic heterocycles. The van der Waals surface area contributed by atoms with Crippen molar-refractivity contribution >= 4 is 5.91 Å². The van der Waals surface area contributed by atoms with Crippen LogP contribution in [0.15, 0.2) is 30.3 Å². The number of benzene rings is 1. The Morgan fingerprint density at radius 2 is 1.91 bits per heavy atom. The second-order valence-electron chi connectivity index (χ2n) is 6.69. The fraction of sp³-hybridized carbons (Fsp3) is 0.632. The zero-order chi connectivity index (χ0) is 16.0. The van der Waals surface area contributed by atoms with Crippen molar-refractivity contribution in [3.8, 4) is 0 Å². The molecule has 3 N–H and O–H groups in total. The molecule has 0 heterocycles. The van der Waals surface area contributed by atoms with Gasteiger partial charge in [0.25, 0.3) is 0 Å². The summed E-state index contributed by atoms with van der Waals surface area (Å²) in [4.78, 5) is 12.5. The first-order valence-corrected chi connectivity index (χ1v) is 8.70. The standard InChI is InChI=1S/C19H30N2O/c1-3-19(4-2,16-10-6-5-7-11-16)14-21-18(22)15-9-8-12-17(20)13-15/h5-7,10-11,15,17H,3-4,8-9,12-14,20H2,1-2H3,(H,21,22). The van der Waals surface area contributed by atoms with Crippen molar-refractivity contribution < 1.29 is 4.79 Å². The highest BCUT2D eigenvalue weighted by Gasteiger charge is 2.31. The van der Waals surface area contributed by atoms with Crippen LogP contribution in [0.3, 0.4) is 0 Å². The highest BCUT2D eigenvalue weighted by molar-refractivity contribution is 5.78. The lowest BCUT2D eigenvalue weighted by atomic mass is 9.75. The number of carbonyl (C=O) groups is 1. The Labute approximate surface area is 134 Å². The molecule has 2 unspecified atom stereocenters. The van der Waals surface area contributed by atoms with E-state index in [-0.39, 0.29) is 23.3 Å². The summed E-state index contributed by atoms with van der Waals surface area (Å²) in [6.07, 6.45) is 6.00. The van der Waals surface area contributed by atoms with Crippen LogP contribution in [-0.2, 0) is 10.2 Å². The first-order valence-electron chi connectivity index (χ1n) is 8.70. The highest BCUT2D eigenvalue weighted by atomic mass is 16.1. The van der Waals surface area contributed by atoms with Crippen molar-refractivity contribution in [2.75, 3.05) is 6.54 Å². The molecule has 0 bridgehead atoms. The van der Waals surface area contributed by atoms with Gasteiger partial charge in [0, 0.05) is 23.9 Å². The lowest BCUT2D eigenvalue weighted by molar-refractivity contribution is -0.126. The van der Waals surface area contributed by atoms with E-state index in [1.54, 1.807) is 0 Å². The van der Waals surface area contributed by atoms with Gasteiger partial charge in [-0.1, -0.05) is 50.6 Å². The Hall–Kier alpha value is -1.35. The highest BCUT2D eigenvalue weighted by Crippen LogP contribution is 2.31. The second-order valence-corrected chi connectivity index (χ2v) is 6.69. The van der Waals surface area contributed by atoms with E-state index >= 15 is 0 Å². The van der Waals surface area contributed by atoms with Crippen LogP contribution in [0.4, 0.5) is 0 Å². The topological polar surface area (TPSA) is 55.1 Å². The van der Waals surface area contributed by atoms with E-state index in [1.807, 2.05) is 6.07 Å². The van der Waals surface area contributed by atoms with Gasteiger partial charge in [0.1, 0.15) is 0 Å². The number of rotatable bonds is 6. The molecule has 0 saturated heterocycles. The molecule has 3 heteroatoms. The quantitative estimate of drug-likeness (QED) is 0.846. The van der Waals surface area contributed by atoms with E-state index in [0.29, 0.717) is 6.54 Å².